The van der Waals surface area contributed by atoms with Crippen LogP contribution in [-0.2, 0) is 4.79 Å². The van der Waals surface area contributed by atoms with Crippen LogP contribution in [0.1, 0.15) is 20.3 Å². The third-order valence-corrected chi connectivity index (χ3v) is 1.56. The molecule has 1 N–H and O–H groups in total. The Kier molecular flexibility index (Phi) is 4.88. The first-order chi connectivity index (χ1) is 5.07. The first kappa shape index (κ1) is 10.4. The van der Waals surface area contributed by atoms with Gasteiger partial charge in [0.2, 0.25) is 5.91 Å². The molecule has 2 unspecified atom stereocenters. The summed E-state index contributed by atoms with van der Waals surface area (Å²) in [6.07, 6.45) is 0.353. The summed E-state index contributed by atoms with van der Waals surface area (Å²) < 4.78 is 0. The fraction of sp³-hybridized carbons (Fsp3) is 0.714. The highest BCUT2D eigenvalue weighted by Crippen LogP contribution is 1.98. The Hall–Kier alpha value is -0.560. The molecule has 62 valence electrons. The van der Waals surface area contributed by atoms with E-state index in [2.05, 4.69) is 21.2 Å². The van der Waals surface area contributed by atoms with E-state index in [9.17, 15) is 4.79 Å². The monoisotopic (exact) mass is 218 g/mol. The average Bonchev–Trinajstić information content (AvgIpc) is 1.87. The van der Waals surface area contributed by atoms with E-state index in [1.165, 1.54) is 0 Å². The van der Waals surface area contributed by atoms with Crippen LogP contribution in [0, 0.1) is 11.3 Å². The third kappa shape index (κ3) is 4.79. The van der Waals surface area contributed by atoms with Gasteiger partial charge in [0.25, 0.3) is 0 Å². The van der Waals surface area contributed by atoms with Gasteiger partial charge in [-0.1, -0.05) is 15.9 Å². The predicted molar refractivity (Wildman–Crippen MR) is 46.2 cm³/mol. The van der Waals surface area contributed by atoms with Gasteiger partial charge in [0, 0.05) is 6.04 Å². The van der Waals surface area contributed by atoms with Crippen molar-refractivity contribution in [2.24, 2.45) is 0 Å². The minimum atomic E-state index is -0.191. The standard InChI is InChI=1S/C7H11BrN2O/c1-5(3-4-9)10-7(11)6(2)8/h5-6H,3H2,1-2H3,(H,10,11). The van der Waals surface area contributed by atoms with Gasteiger partial charge in [-0.2, -0.15) is 5.26 Å². The number of amides is 1. The topological polar surface area (TPSA) is 52.9 Å². The zero-order chi connectivity index (χ0) is 8.85. The Morgan fingerprint density at radius 2 is 2.27 bits per heavy atom. The largest absolute Gasteiger partial charge is 0.352 e. The van der Waals surface area contributed by atoms with Crippen molar-refractivity contribution in [3.8, 4) is 6.07 Å². The summed E-state index contributed by atoms with van der Waals surface area (Å²) >= 11 is 3.12. The maximum absolute atomic E-state index is 11.0. The zero-order valence-corrected chi connectivity index (χ0v) is 8.18. The summed E-state index contributed by atoms with van der Waals surface area (Å²) in [4.78, 5) is 10.8. The first-order valence-electron chi connectivity index (χ1n) is 3.39. The summed E-state index contributed by atoms with van der Waals surface area (Å²) in [6, 6.07) is 1.92. The van der Waals surface area contributed by atoms with E-state index >= 15 is 0 Å². The second kappa shape index (κ2) is 5.14. The molecule has 0 rings (SSSR count). The van der Waals surface area contributed by atoms with Crippen LogP contribution in [0.25, 0.3) is 0 Å². The van der Waals surface area contributed by atoms with Gasteiger partial charge >= 0.3 is 0 Å². The van der Waals surface area contributed by atoms with E-state index in [0.717, 1.165) is 0 Å². The summed E-state index contributed by atoms with van der Waals surface area (Å²) in [6.45, 7) is 3.55. The summed E-state index contributed by atoms with van der Waals surface area (Å²) in [5.41, 5.74) is 0. The molecule has 4 heteroatoms. The van der Waals surface area contributed by atoms with Gasteiger partial charge in [0.1, 0.15) is 0 Å². The number of alkyl halides is 1. The van der Waals surface area contributed by atoms with Crippen LogP contribution < -0.4 is 5.32 Å². The van der Waals surface area contributed by atoms with Gasteiger partial charge in [-0.25, -0.2) is 0 Å². The first-order valence-corrected chi connectivity index (χ1v) is 4.31. The van der Waals surface area contributed by atoms with Crippen molar-refractivity contribution >= 4 is 21.8 Å². The highest BCUT2D eigenvalue weighted by molar-refractivity contribution is 9.10. The molecule has 0 aliphatic heterocycles. The van der Waals surface area contributed by atoms with Crippen molar-refractivity contribution in [1.29, 1.82) is 5.26 Å². The Morgan fingerprint density at radius 3 is 2.64 bits per heavy atom. The lowest BCUT2D eigenvalue weighted by Gasteiger charge is -2.10. The summed E-state index contributed by atoms with van der Waals surface area (Å²) in [5, 5.41) is 10.9. The molecule has 0 aliphatic carbocycles. The SMILES string of the molecule is CC(CC#N)NC(=O)C(C)Br. The van der Waals surface area contributed by atoms with Crippen molar-refractivity contribution in [1.82, 2.24) is 5.32 Å². The number of nitrogens with zero attached hydrogens (tertiary/aromatic N) is 1. The van der Waals surface area contributed by atoms with Crippen molar-refractivity contribution in [2.75, 3.05) is 0 Å². The Labute approximate surface area is 74.9 Å². The van der Waals surface area contributed by atoms with Crippen LogP contribution in [-0.4, -0.2) is 16.8 Å². The minimum Gasteiger partial charge on any atom is -0.352 e. The number of carbonyl (C=O) groups is 1. The van der Waals surface area contributed by atoms with Crippen molar-refractivity contribution < 1.29 is 4.79 Å². The number of halogens is 1. The van der Waals surface area contributed by atoms with Gasteiger partial charge < -0.3 is 5.32 Å². The molecule has 0 aromatic heterocycles. The van der Waals surface area contributed by atoms with Crippen LogP contribution in [0.15, 0.2) is 0 Å². The van der Waals surface area contributed by atoms with Crippen molar-refractivity contribution in [3.63, 3.8) is 0 Å². The molecule has 0 aromatic rings. The fourth-order valence-electron chi connectivity index (χ4n) is 0.546. The fourth-order valence-corrected chi connectivity index (χ4v) is 0.678. The van der Waals surface area contributed by atoms with Gasteiger partial charge in [0.05, 0.1) is 17.3 Å². The van der Waals surface area contributed by atoms with Crippen LogP contribution in [0.5, 0.6) is 0 Å². The van der Waals surface area contributed by atoms with Crippen LogP contribution in [0.3, 0.4) is 0 Å². The molecule has 0 saturated carbocycles. The quantitative estimate of drug-likeness (QED) is 0.724. The van der Waals surface area contributed by atoms with E-state index in [-0.39, 0.29) is 16.8 Å². The number of hydrogen-bond donors (Lipinski definition) is 1. The minimum absolute atomic E-state index is 0.0625. The predicted octanol–water partition coefficient (Wildman–Crippen LogP) is 1.19. The maximum Gasteiger partial charge on any atom is 0.233 e. The van der Waals surface area contributed by atoms with Gasteiger partial charge in [-0.15, -0.1) is 0 Å². The van der Waals surface area contributed by atoms with Crippen LogP contribution >= 0.6 is 15.9 Å². The van der Waals surface area contributed by atoms with E-state index in [1.807, 2.05) is 6.07 Å². The molecule has 11 heavy (non-hydrogen) atoms. The summed E-state index contributed by atoms with van der Waals surface area (Å²) in [7, 11) is 0. The van der Waals surface area contributed by atoms with E-state index in [4.69, 9.17) is 5.26 Å². The molecular formula is C7H11BrN2O. The highest BCUT2D eigenvalue weighted by Gasteiger charge is 2.10. The number of rotatable bonds is 3. The Bertz CT molecular complexity index is 174. The number of hydrogen-bond acceptors (Lipinski definition) is 2. The average molecular weight is 219 g/mol. The molecule has 2 atom stereocenters. The molecule has 0 fully saturated rings. The van der Waals surface area contributed by atoms with Crippen molar-refractivity contribution in [2.45, 2.75) is 31.1 Å². The summed E-state index contributed by atoms with van der Waals surface area (Å²) in [5.74, 6) is -0.0762. The molecule has 3 nitrogen and oxygen atoms in total. The molecule has 0 aliphatic rings. The van der Waals surface area contributed by atoms with Gasteiger partial charge in [-0.05, 0) is 13.8 Å². The number of carbonyl (C=O) groups excluding carboxylic acids is 1. The zero-order valence-electron chi connectivity index (χ0n) is 6.60. The van der Waals surface area contributed by atoms with Gasteiger partial charge in [0.15, 0.2) is 0 Å². The lowest BCUT2D eigenvalue weighted by Crippen LogP contribution is -2.36. The highest BCUT2D eigenvalue weighted by atomic mass is 79.9. The molecule has 1 amide bonds. The molecule has 0 aromatic carbocycles. The Balaban J connectivity index is 3.68. The molecular weight excluding hydrogens is 208 g/mol. The lowest BCUT2D eigenvalue weighted by atomic mass is 10.2. The lowest BCUT2D eigenvalue weighted by molar-refractivity contribution is -0.120. The normalized spacial score (nSPS) is 14.7. The van der Waals surface area contributed by atoms with Crippen molar-refractivity contribution in [3.05, 3.63) is 0 Å². The number of nitriles is 1. The molecule has 0 bridgehead atoms. The Morgan fingerprint density at radius 1 is 1.73 bits per heavy atom. The van der Waals surface area contributed by atoms with E-state index in [1.54, 1.807) is 13.8 Å². The second-order valence-electron chi connectivity index (χ2n) is 2.39. The van der Waals surface area contributed by atoms with Crippen LogP contribution in [0.4, 0.5) is 0 Å². The van der Waals surface area contributed by atoms with Crippen LogP contribution in [0.2, 0.25) is 0 Å². The molecule has 0 radical (unpaired) electrons. The second-order valence-corrected chi connectivity index (χ2v) is 3.76. The van der Waals surface area contributed by atoms with E-state index in [0.29, 0.717) is 6.42 Å². The van der Waals surface area contributed by atoms with Gasteiger partial charge in [-0.3, -0.25) is 4.79 Å². The maximum atomic E-state index is 11.0. The molecule has 0 heterocycles. The van der Waals surface area contributed by atoms with E-state index < -0.39 is 0 Å². The molecule has 0 spiro atoms. The third-order valence-electron chi connectivity index (χ3n) is 1.15. The molecule has 0 saturated heterocycles. The number of nitrogens with one attached hydrogen (secondary N) is 1. The smallest absolute Gasteiger partial charge is 0.233 e.